The minimum absolute atomic E-state index is 0.241. The van der Waals surface area contributed by atoms with E-state index in [0.717, 1.165) is 24.0 Å². The van der Waals surface area contributed by atoms with Crippen LogP contribution >= 0.6 is 0 Å². The lowest BCUT2D eigenvalue weighted by Crippen LogP contribution is -2.11. The maximum Gasteiger partial charge on any atom is 0.167 e. The molecule has 0 fully saturated rings. The van der Waals surface area contributed by atoms with Gasteiger partial charge in [-0.3, -0.25) is 4.79 Å². The third kappa shape index (κ3) is 3.16. The van der Waals surface area contributed by atoms with E-state index in [1.54, 1.807) is 0 Å². The van der Waals surface area contributed by atoms with Gasteiger partial charge in [0.1, 0.15) is 0 Å². The van der Waals surface area contributed by atoms with Gasteiger partial charge in [0.05, 0.1) is 0 Å². The Labute approximate surface area is 121 Å². The Hall–Kier alpha value is -1.89. The molecule has 0 N–H and O–H groups in total. The Bertz CT molecular complexity index is 571. The zero-order chi connectivity index (χ0) is 14.5. The molecule has 0 radical (unpaired) electrons. The maximum absolute atomic E-state index is 12.7. The van der Waals surface area contributed by atoms with Crippen molar-refractivity contribution in [1.29, 1.82) is 0 Å². The second-order valence-electron chi connectivity index (χ2n) is 5.25. The summed E-state index contributed by atoms with van der Waals surface area (Å²) in [5.74, 6) is 0.241. The van der Waals surface area contributed by atoms with Gasteiger partial charge >= 0.3 is 0 Å². The molecule has 2 aromatic rings. The molecular weight excluding hydrogens is 244 g/mol. The molecule has 0 unspecified atom stereocenters. The van der Waals surface area contributed by atoms with Gasteiger partial charge < -0.3 is 0 Å². The number of ketones is 1. The number of Topliss-reactive ketones (excluding diaryl/α,β-unsaturated/α-hetero) is 1. The highest BCUT2D eigenvalue weighted by atomic mass is 16.1. The molecule has 0 aromatic heterocycles. The number of hydrogen-bond acceptors (Lipinski definition) is 1. The van der Waals surface area contributed by atoms with Gasteiger partial charge in [-0.15, -0.1) is 0 Å². The number of carbonyl (C=O) groups excluding carboxylic acids is 1. The third-order valence-corrected chi connectivity index (χ3v) is 3.69. The summed E-state index contributed by atoms with van der Waals surface area (Å²) in [6, 6.07) is 14.3. The molecule has 0 aliphatic rings. The summed E-state index contributed by atoms with van der Waals surface area (Å²) < 4.78 is 0. The van der Waals surface area contributed by atoms with Gasteiger partial charge in [0.15, 0.2) is 5.78 Å². The van der Waals surface area contributed by atoms with Crippen molar-refractivity contribution in [2.24, 2.45) is 0 Å². The van der Waals surface area contributed by atoms with Crippen LogP contribution in [0.2, 0.25) is 0 Å². The topological polar surface area (TPSA) is 17.1 Å². The first kappa shape index (κ1) is 14.5. The quantitative estimate of drug-likeness (QED) is 0.726. The summed E-state index contributed by atoms with van der Waals surface area (Å²) in [6.45, 7) is 6.34. The molecule has 0 heterocycles. The molecule has 0 bridgehead atoms. The first-order chi connectivity index (χ1) is 9.65. The van der Waals surface area contributed by atoms with Gasteiger partial charge in [-0.2, -0.15) is 0 Å². The van der Waals surface area contributed by atoms with Crippen molar-refractivity contribution in [3.63, 3.8) is 0 Å². The van der Waals surface area contributed by atoms with Crippen LogP contribution in [-0.2, 0) is 19.3 Å². The van der Waals surface area contributed by atoms with E-state index in [1.165, 1.54) is 16.7 Å². The number of aryl methyl sites for hydroxylation is 3. The minimum Gasteiger partial charge on any atom is -0.294 e. The smallest absolute Gasteiger partial charge is 0.167 e. The number of benzene rings is 2. The van der Waals surface area contributed by atoms with Crippen molar-refractivity contribution in [3.05, 3.63) is 70.3 Å². The molecule has 0 spiro atoms. The lowest BCUT2D eigenvalue weighted by molar-refractivity contribution is 0.0991. The zero-order valence-corrected chi connectivity index (χ0v) is 12.6. The summed E-state index contributed by atoms with van der Waals surface area (Å²) in [5.41, 5.74) is 5.65. The second kappa shape index (κ2) is 6.51. The number of hydrogen-bond donors (Lipinski definition) is 0. The van der Waals surface area contributed by atoms with Crippen LogP contribution in [0.15, 0.2) is 42.5 Å². The van der Waals surface area contributed by atoms with E-state index in [1.807, 2.05) is 30.3 Å². The molecule has 104 valence electrons. The minimum atomic E-state index is 0.241. The molecule has 0 atom stereocenters. The predicted octanol–water partition coefficient (Wildman–Crippen LogP) is 4.55. The Morgan fingerprint density at radius 2 is 1.50 bits per heavy atom. The molecule has 1 nitrogen and oxygen atoms in total. The molecule has 2 rings (SSSR count). The first-order valence-electron chi connectivity index (χ1n) is 7.35. The fourth-order valence-electron chi connectivity index (χ4n) is 2.73. The van der Waals surface area contributed by atoms with Gasteiger partial charge in [0.25, 0.3) is 0 Å². The lowest BCUT2D eigenvalue weighted by Gasteiger charge is -2.14. The van der Waals surface area contributed by atoms with Crippen LogP contribution in [0.4, 0.5) is 0 Å². The third-order valence-electron chi connectivity index (χ3n) is 3.69. The van der Waals surface area contributed by atoms with Crippen molar-refractivity contribution in [2.45, 2.75) is 40.0 Å². The summed E-state index contributed by atoms with van der Waals surface area (Å²) in [6.07, 6.45) is 2.30. The van der Waals surface area contributed by atoms with Gasteiger partial charge in [0.2, 0.25) is 0 Å². The molecule has 0 saturated heterocycles. The highest BCUT2D eigenvalue weighted by Crippen LogP contribution is 2.21. The van der Waals surface area contributed by atoms with Crippen molar-refractivity contribution < 1.29 is 4.79 Å². The van der Waals surface area contributed by atoms with Crippen molar-refractivity contribution in [3.8, 4) is 0 Å². The van der Waals surface area contributed by atoms with Crippen LogP contribution in [-0.4, -0.2) is 5.78 Å². The van der Waals surface area contributed by atoms with E-state index in [0.29, 0.717) is 6.42 Å². The molecule has 0 aliphatic carbocycles. The Morgan fingerprint density at radius 3 is 2.00 bits per heavy atom. The molecule has 20 heavy (non-hydrogen) atoms. The van der Waals surface area contributed by atoms with E-state index >= 15 is 0 Å². The largest absolute Gasteiger partial charge is 0.294 e. The SMILES string of the molecule is CCc1cc(C)cc(CC)c1C(=O)Cc1ccccc1. The normalized spacial score (nSPS) is 10.6. The van der Waals surface area contributed by atoms with Gasteiger partial charge in [0, 0.05) is 12.0 Å². The number of rotatable bonds is 5. The first-order valence-corrected chi connectivity index (χ1v) is 7.35. The van der Waals surface area contributed by atoms with Crippen LogP contribution in [0.5, 0.6) is 0 Å². The summed E-state index contributed by atoms with van der Waals surface area (Å²) >= 11 is 0. The Balaban J connectivity index is 2.38. The van der Waals surface area contributed by atoms with Crippen molar-refractivity contribution >= 4 is 5.78 Å². The van der Waals surface area contributed by atoms with Crippen LogP contribution in [0.25, 0.3) is 0 Å². The molecule has 1 heteroatoms. The molecule has 0 amide bonds. The van der Waals surface area contributed by atoms with E-state index in [2.05, 4.69) is 32.9 Å². The lowest BCUT2D eigenvalue weighted by atomic mass is 9.90. The maximum atomic E-state index is 12.7. The molecular formula is C19H22O. The average Bonchev–Trinajstić information content (AvgIpc) is 2.46. The van der Waals surface area contributed by atoms with Crippen LogP contribution in [0.3, 0.4) is 0 Å². The Morgan fingerprint density at radius 1 is 0.950 bits per heavy atom. The van der Waals surface area contributed by atoms with Crippen LogP contribution < -0.4 is 0 Å². The molecule has 0 aliphatic heterocycles. The van der Waals surface area contributed by atoms with Gasteiger partial charge in [-0.25, -0.2) is 0 Å². The van der Waals surface area contributed by atoms with E-state index < -0.39 is 0 Å². The summed E-state index contributed by atoms with van der Waals surface area (Å²) in [4.78, 5) is 12.7. The number of carbonyl (C=O) groups is 1. The van der Waals surface area contributed by atoms with Gasteiger partial charge in [-0.05, 0) is 36.5 Å². The second-order valence-corrected chi connectivity index (χ2v) is 5.25. The van der Waals surface area contributed by atoms with E-state index in [-0.39, 0.29) is 5.78 Å². The Kier molecular flexibility index (Phi) is 4.73. The molecule has 2 aromatic carbocycles. The van der Waals surface area contributed by atoms with Crippen molar-refractivity contribution in [2.75, 3.05) is 0 Å². The van der Waals surface area contributed by atoms with Crippen molar-refractivity contribution in [1.82, 2.24) is 0 Å². The fraction of sp³-hybridized carbons (Fsp3) is 0.316. The van der Waals surface area contributed by atoms with Crippen LogP contribution in [0.1, 0.15) is 46.5 Å². The summed E-state index contributed by atoms with van der Waals surface area (Å²) in [7, 11) is 0. The highest BCUT2D eigenvalue weighted by Gasteiger charge is 2.15. The monoisotopic (exact) mass is 266 g/mol. The standard InChI is InChI=1S/C19H22O/c1-4-16-11-14(3)12-17(5-2)19(16)18(20)13-15-9-7-6-8-10-15/h6-12H,4-5,13H2,1-3H3. The highest BCUT2D eigenvalue weighted by molar-refractivity contribution is 6.00. The predicted molar refractivity (Wildman–Crippen MR) is 84.4 cm³/mol. The van der Waals surface area contributed by atoms with E-state index in [4.69, 9.17) is 0 Å². The zero-order valence-electron chi connectivity index (χ0n) is 12.6. The fourth-order valence-corrected chi connectivity index (χ4v) is 2.73. The van der Waals surface area contributed by atoms with E-state index in [9.17, 15) is 4.79 Å². The molecule has 0 saturated carbocycles. The van der Waals surface area contributed by atoms with Gasteiger partial charge in [-0.1, -0.05) is 61.9 Å². The van der Waals surface area contributed by atoms with Crippen LogP contribution in [0, 0.1) is 6.92 Å². The average molecular weight is 266 g/mol. The summed E-state index contributed by atoms with van der Waals surface area (Å²) in [5, 5.41) is 0.